The first-order chi connectivity index (χ1) is 10.1. The zero-order chi connectivity index (χ0) is 15.6. The fourth-order valence-electron chi connectivity index (χ4n) is 2.59. The van der Waals surface area contributed by atoms with Crippen molar-refractivity contribution >= 4 is 39.8 Å². The number of guanidine groups is 1. The van der Waals surface area contributed by atoms with Crippen molar-refractivity contribution in [2.45, 2.75) is 64.3 Å². The number of unbranched alkanes of at least 4 members (excludes halogenated alkanes) is 6. The summed E-state index contributed by atoms with van der Waals surface area (Å²) in [7, 11) is -1.11. The molecule has 22 heavy (non-hydrogen) atoms. The van der Waals surface area contributed by atoms with Gasteiger partial charge >= 0.3 is 0 Å². The van der Waals surface area contributed by atoms with Gasteiger partial charge in [-0.3, -0.25) is 4.99 Å². The van der Waals surface area contributed by atoms with E-state index in [4.69, 9.17) is 0 Å². The van der Waals surface area contributed by atoms with E-state index in [1.54, 1.807) is 7.05 Å². The van der Waals surface area contributed by atoms with Gasteiger partial charge in [0, 0.05) is 19.6 Å². The number of nitrogens with one attached hydrogen (secondary N) is 2. The average Bonchev–Trinajstić information content (AvgIpc) is 2.79. The van der Waals surface area contributed by atoms with Gasteiger partial charge in [-0.25, -0.2) is 8.42 Å². The van der Waals surface area contributed by atoms with E-state index in [0.717, 1.165) is 18.9 Å². The summed E-state index contributed by atoms with van der Waals surface area (Å²) in [4.78, 5) is 4.16. The summed E-state index contributed by atoms with van der Waals surface area (Å²) in [5.74, 6) is 1.24. The lowest BCUT2D eigenvalue weighted by molar-refractivity contribution is 0.580. The van der Waals surface area contributed by atoms with E-state index < -0.39 is 9.84 Å². The third kappa shape index (κ3) is 9.86. The Morgan fingerprint density at radius 2 is 1.77 bits per heavy atom. The van der Waals surface area contributed by atoms with Gasteiger partial charge < -0.3 is 10.6 Å². The van der Waals surface area contributed by atoms with Gasteiger partial charge in [0.05, 0.1) is 11.5 Å². The lowest BCUT2D eigenvalue weighted by Gasteiger charge is -2.15. The van der Waals surface area contributed by atoms with E-state index in [9.17, 15) is 8.42 Å². The molecule has 1 aliphatic heterocycles. The number of hydrogen-bond acceptors (Lipinski definition) is 3. The van der Waals surface area contributed by atoms with Crippen molar-refractivity contribution in [3.05, 3.63) is 0 Å². The van der Waals surface area contributed by atoms with Gasteiger partial charge in [0.1, 0.15) is 0 Å². The third-order valence-electron chi connectivity index (χ3n) is 3.87. The third-order valence-corrected chi connectivity index (χ3v) is 5.64. The van der Waals surface area contributed by atoms with Crippen molar-refractivity contribution in [1.82, 2.24) is 10.6 Å². The summed E-state index contributed by atoms with van der Waals surface area (Å²) in [6.45, 7) is 3.13. The second-order valence-electron chi connectivity index (χ2n) is 5.86. The zero-order valence-corrected chi connectivity index (χ0v) is 17.1. The van der Waals surface area contributed by atoms with Gasteiger partial charge in [0.25, 0.3) is 0 Å². The molecule has 0 amide bonds. The Morgan fingerprint density at radius 1 is 1.14 bits per heavy atom. The molecular weight excluding hydrogens is 413 g/mol. The van der Waals surface area contributed by atoms with Crippen molar-refractivity contribution in [2.75, 3.05) is 25.1 Å². The normalized spacial score (nSPS) is 20.5. The SMILES string of the molecule is CCCCCCCCCNC(=NC)NC1CCS(=O)(=O)C1.I. The highest BCUT2D eigenvalue weighted by Crippen LogP contribution is 2.11. The van der Waals surface area contributed by atoms with E-state index in [0.29, 0.717) is 12.2 Å². The minimum Gasteiger partial charge on any atom is -0.356 e. The second kappa shape index (κ2) is 12.4. The first kappa shape index (κ1) is 21.9. The number of nitrogens with zero attached hydrogens (tertiary/aromatic N) is 1. The Labute approximate surface area is 153 Å². The van der Waals surface area contributed by atoms with E-state index in [1.807, 2.05) is 0 Å². The molecule has 1 saturated heterocycles. The number of hydrogen-bond donors (Lipinski definition) is 2. The van der Waals surface area contributed by atoms with Gasteiger partial charge in [-0.05, 0) is 12.8 Å². The van der Waals surface area contributed by atoms with E-state index >= 15 is 0 Å². The van der Waals surface area contributed by atoms with E-state index in [1.165, 1.54) is 38.5 Å². The topological polar surface area (TPSA) is 70.6 Å². The molecule has 0 bridgehead atoms. The molecule has 0 aromatic heterocycles. The lowest BCUT2D eigenvalue weighted by Crippen LogP contribution is -2.44. The summed E-state index contributed by atoms with van der Waals surface area (Å²) >= 11 is 0. The number of halogens is 1. The molecule has 0 spiro atoms. The Balaban J connectivity index is 0.00000441. The van der Waals surface area contributed by atoms with Crippen LogP contribution in [-0.4, -0.2) is 45.5 Å². The van der Waals surface area contributed by atoms with Crippen LogP contribution in [0.5, 0.6) is 0 Å². The molecule has 132 valence electrons. The second-order valence-corrected chi connectivity index (χ2v) is 8.09. The molecule has 7 heteroatoms. The molecule has 1 fully saturated rings. The Bertz CT molecular complexity index is 413. The Hall–Kier alpha value is -0.0500. The fourth-order valence-corrected chi connectivity index (χ4v) is 4.26. The first-order valence-electron chi connectivity index (χ1n) is 8.25. The van der Waals surface area contributed by atoms with E-state index in [-0.39, 0.29) is 35.8 Å². The molecule has 0 aromatic carbocycles. The monoisotopic (exact) mass is 445 g/mol. The van der Waals surface area contributed by atoms with Gasteiger partial charge in [-0.2, -0.15) is 0 Å². The quantitative estimate of drug-likeness (QED) is 0.248. The summed E-state index contributed by atoms with van der Waals surface area (Å²) in [5, 5.41) is 6.47. The molecule has 1 aliphatic rings. The molecule has 5 nitrogen and oxygen atoms in total. The van der Waals surface area contributed by atoms with Crippen LogP contribution in [0.15, 0.2) is 4.99 Å². The van der Waals surface area contributed by atoms with Gasteiger partial charge in [0.15, 0.2) is 15.8 Å². The predicted octanol–water partition coefficient (Wildman–Crippen LogP) is 2.71. The van der Waals surface area contributed by atoms with Gasteiger partial charge in [-0.15, -0.1) is 24.0 Å². The lowest BCUT2D eigenvalue weighted by atomic mass is 10.1. The highest BCUT2D eigenvalue weighted by Gasteiger charge is 2.28. The van der Waals surface area contributed by atoms with Crippen molar-refractivity contribution in [2.24, 2.45) is 4.99 Å². The van der Waals surface area contributed by atoms with Crippen LogP contribution >= 0.6 is 24.0 Å². The predicted molar refractivity (Wildman–Crippen MR) is 105 cm³/mol. The molecule has 0 saturated carbocycles. The molecule has 0 aromatic rings. The Kier molecular flexibility index (Phi) is 12.4. The largest absolute Gasteiger partial charge is 0.356 e. The smallest absolute Gasteiger partial charge is 0.191 e. The van der Waals surface area contributed by atoms with Crippen LogP contribution < -0.4 is 10.6 Å². The van der Waals surface area contributed by atoms with Crippen LogP contribution in [0.3, 0.4) is 0 Å². The van der Waals surface area contributed by atoms with Crippen molar-refractivity contribution < 1.29 is 8.42 Å². The number of aliphatic imine (C=N–C) groups is 1. The summed E-state index contributed by atoms with van der Waals surface area (Å²) in [6, 6.07) is 0.00949. The molecule has 1 rings (SSSR count). The van der Waals surface area contributed by atoms with E-state index in [2.05, 4.69) is 22.5 Å². The van der Waals surface area contributed by atoms with Crippen LogP contribution in [0, 0.1) is 0 Å². The van der Waals surface area contributed by atoms with Crippen LogP contribution in [0.4, 0.5) is 0 Å². The molecule has 1 heterocycles. The maximum Gasteiger partial charge on any atom is 0.191 e. The fraction of sp³-hybridized carbons (Fsp3) is 0.933. The minimum absolute atomic E-state index is 0. The zero-order valence-electron chi connectivity index (χ0n) is 13.9. The van der Waals surface area contributed by atoms with Crippen LogP contribution in [0.2, 0.25) is 0 Å². The first-order valence-corrected chi connectivity index (χ1v) is 10.1. The number of sulfone groups is 1. The average molecular weight is 445 g/mol. The maximum absolute atomic E-state index is 11.4. The molecule has 0 aliphatic carbocycles. The highest BCUT2D eigenvalue weighted by molar-refractivity contribution is 14.0. The molecular formula is C15H32IN3O2S. The molecule has 0 radical (unpaired) electrons. The van der Waals surface area contributed by atoms with Crippen LogP contribution in [-0.2, 0) is 9.84 Å². The summed E-state index contributed by atoms with van der Waals surface area (Å²) < 4.78 is 22.8. The summed E-state index contributed by atoms with van der Waals surface area (Å²) in [5.41, 5.74) is 0. The summed E-state index contributed by atoms with van der Waals surface area (Å²) in [6.07, 6.45) is 9.68. The van der Waals surface area contributed by atoms with Crippen molar-refractivity contribution in [3.8, 4) is 0 Å². The van der Waals surface area contributed by atoms with Crippen LogP contribution in [0.25, 0.3) is 0 Å². The number of rotatable bonds is 9. The molecule has 1 unspecified atom stereocenters. The van der Waals surface area contributed by atoms with Crippen LogP contribution in [0.1, 0.15) is 58.3 Å². The maximum atomic E-state index is 11.4. The van der Waals surface area contributed by atoms with Gasteiger partial charge in [-0.1, -0.05) is 45.4 Å². The Morgan fingerprint density at radius 3 is 2.32 bits per heavy atom. The highest BCUT2D eigenvalue weighted by atomic mass is 127. The standard InChI is InChI=1S/C15H31N3O2S.HI/c1-3-4-5-6-7-8-9-11-17-15(16-2)18-14-10-12-21(19,20)13-14;/h14H,3-13H2,1-2H3,(H2,16,17,18);1H. The van der Waals surface area contributed by atoms with Crippen molar-refractivity contribution in [3.63, 3.8) is 0 Å². The van der Waals surface area contributed by atoms with Crippen molar-refractivity contribution in [1.29, 1.82) is 0 Å². The van der Waals surface area contributed by atoms with Gasteiger partial charge in [0.2, 0.25) is 0 Å². The molecule has 1 atom stereocenters. The minimum atomic E-state index is -2.83. The molecule has 2 N–H and O–H groups in total.